The van der Waals surface area contributed by atoms with Gasteiger partial charge >= 0.3 is 6.09 Å². The van der Waals surface area contributed by atoms with Crippen LogP contribution in [-0.2, 0) is 4.74 Å². The molecule has 0 atom stereocenters. The molecule has 0 saturated heterocycles. The second kappa shape index (κ2) is 6.07. The van der Waals surface area contributed by atoms with Gasteiger partial charge < -0.3 is 15.4 Å². The molecule has 1 amide bonds. The third-order valence-electron chi connectivity index (χ3n) is 2.72. The third kappa shape index (κ3) is 5.03. The summed E-state index contributed by atoms with van der Waals surface area (Å²) in [5, 5.41) is 5.86. The van der Waals surface area contributed by atoms with Crippen LogP contribution in [0.15, 0.2) is 12.3 Å². The van der Waals surface area contributed by atoms with Crippen molar-refractivity contribution in [2.75, 3.05) is 18.4 Å². The normalized spacial score (nSPS) is 14.8. The molecule has 1 aliphatic carbocycles. The minimum absolute atomic E-state index is 0.402. The number of anilines is 1. The number of alkyl carbamates (subject to hydrolysis) is 1. The van der Waals surface area contributed by atoms with E-state index in [-0.39, 0.29) is 0 Å². The number of hydrogen-bond acceptors (Lipinski definition) is 5. The van der Waals surface area contributed by atoms with E-state index in [2.05, 4.69) is 20.6 Å². The van der Waals surface area contributed by atoms with Gasteiger partial charge in [0.05, 0.1) is 0 Å². The van der Waals surface area contributed by atoms with Gasteiger partial charge in [0, 0.05) is 25.2 Å². The van der Waals surface area contributed by atoms with Crippen LogP contribution in [0.1, 0.15) is 45.4 Å². The number of hydrogen-bond donors (Lipinski definition) is 2. The van der Waals surface area contributed by atoms with Crippen LogP contribution < -0.4 is 10.6 Å². The SMILES string of the molecule is CC(C)(C)OC(=O)NCCNc1ccnc(C2CC2)n1. The monoisotopic (exact) mass is 278 g/mol. The average Bonchev–Trinajstić information content (AvgIpc) is 3.17. The van der Waals surface area contributed by atoms with E-state index >= 15 is 0 Å². The molecule has 110 valence electrons. The molecule has 6 nitrogen and oxygen atoms in total. The number of ether oxygens (including phenoxy) is 1. The Hall–Kier alpha value is -1.85. The fourth-order valence-electron chi connectivity index (χ4n) is 1.68. The zero-order chi connectivity index (χ0) is 14.6. The van der Waals surface area contributed by atoms with Gasteiger partial charge in [0.15, 0.2) is 0 Å². The summed E-state index contributed by atoms with van der Waals surface area (Å²) in [6, 6.07) is 1.83. The second-order valence-electron chi connectivity index (χ2n) is 5.93. The topological polar surface area (TPSA) is 76.1 Å². The number of amides is 1. The third-order valence-corrected chi connectivity index (χ3v) is 2.72. The first-order valence-corrected chi connectivity index (χ1v) is 6.98. The summed E-state index contributed by atoms with van der Waals surface area (Å²) < 4.78 is 5.15. The number of nitrogens with one attached hydrogen (secondary N) is 2. The van der Waals surface area contributed by atoms with Gasteiger partial charge in [-0.25, -0.2) is 14.8 Å². The predicted octanol–water partition coefficient (Wildman–Crippen LogP) is 2.29. The van der Waals surface area contributed by atoms with Crippen molar-refractivity contribution in [1.29, 1.82) is 0 Å². The van der Waals surface area contributed by atoms with E-state index in [1.807, 2.05) is 26.8 Å². The zero-order valence-corrected chi connectivity index (χ0v) is 12.3. The number of nitrogens with zero attached hydrogens (tertiary/aromatic N) is 2. The van der Waals surface area contributed by atoms with E-state index in [0.29, 0.717) is 19.0 Å². The van der Waals surface area contributed by atoms with E-state index in [4.69, 9.17) is 4.74 Å². The van der Waals surface area contributed by atoms with Crippen LogP contribution in [0.2, 0.25) is 0 Å². The Kier molecular flexibility index (Phi) is 4.42. The number of aromatic nitrogens is 2. The van der Waals surface area contributed by atoms with Crippen LogP contribution in [-0.4, -0.2) is 34.8 Å². The second-order valence-corrected chi connectivity index (χ2v) is 5.93. The van der Waals surface area contributed by atoms with Gasteiger partial charge in [0.2, 0.25) is 0 Å². The summed E-state index contributed by atoms with van der Waals surface area (Å²) in [4.78, 5) is 20.1. The summed E-state index contributed by atoms with van der Waals surface area (Å²) in [5.41, 5.74) is -0.469. The zero-order valence-electron chi connectivity index (χ0n) is 12.3. The van der Waals surface area contributed by atoms with Crippen molar-refractivity contribution < 1.29 is 9.53 Å². The van der Waals surface area contributed by atoms with E-state index < -0.39 is 11.7 Å². The Morgan fingerprint density at radius 2 is 2.15 bits per heavy atom. The van der Waals surface area contributed by atoms with Crippen molar-refractivity contribution in [2.45, 2.75) is 45.1 Å². The molecule has 20 heavy (non-hydrogen) atoms. The molecular formula is C14H22N4O2. The Morgan fingerprint density at radius 3 is 2.80 bits per heavy atom. The molecule has 1 aromatic heterocycles. The van der Waals surface area contributed by atoms with Crippen LogP contribution in [0.5, 0.6) is 0 Å². The molecule has 2 rings (SSSR count). The van der Waals surface area contributed by atoms with E-state index in [1.165, 1.54) is 12.8 Å². The minimum Gasteiger partial charge on any atom is -0.444 e. The number of carbonyl (C=O) groups is 1. The van der Waals surface area contributed by atoms with Crippen molar-refractivity contribution in [3.63, 3.8) is 0 Å². The largest absolute Gasteiger partial charge is 0.444 e. The molecule has 0 aliphatic heterocycles. The summed E-state index contributed by atoms with van der Waals surface area (Å²) in [7, 11) is 0. The van der Waals surface area contributed by atoms with Gasteiger partial charge in [-0.1, -0.05) is 0 Å². The van der Waals surface area contributed by atoms with Crippen LogP contribution in [0, 0.1) is 0 Å². The van der Waals surface area contributed by atoms with Crippen LogP contribution in [0.25, 0.3) is 0 Å². The van der Waals surface area contributed by atoms with Crippen molar-refractivity contribution in [1.82, 2.24) is 15.3 Å². The van der Waals surface area contributed by atoms with Gasteiger partial charge in [-0.2, -0.15) is 0 Å². The van der Waals surface area contributed by atoms with Crippen LogP contribution in [0.3, 0.4) is 0 Å². The molecule has 1 fully saturated rings. The molecule has 0 unspecified atom stereocenters. The van der Waals surface area contributed by atoms with E-state index in [1.54, 1.807) is 6.20 Å². The Morgan fingerprint density at radius 1 is 1.40 bits per heavy atom. The van der Waals surface area contributed by atoms with Crippen molar-refractivity contribution in [3.8, 4) is 0 Å². The summed E-state index contributed by atoms with van der Waals surface area (Å²) in [5.74, 6) is 2.25. The highest BCUT2D eigenvalue weighted by molar-refractivity contribution is 5.67. The van der Waals surface area contributed by atoms with Crippen molar-refractivity contribution in [2.24, 2.45) is 0 Å². The highest BCUT2D eigenvalue weighted by Crippen LogP contribution is 2.37. The van der Waals surface area contributed by atoms with Gasteiger partial charge in [-0.05, 0) is 39.7 Å². The average molecular weight is 278 g/mol. The smallest absolute Gasteiger partial charge is 0.407 e. The lowest BCUT2D eigenvalue weighted by molar-refractivity contribution is 0.0530. The Bertz CT molecular complexity index is 466. The maximum absolute atomic E-state index is 11.4. The minimum atomic E-state index is -0.469. The Balaban J connectivity index is 1.68. The highest BCUT2D eigenvalue weighted by Gasteiger charge is 2.26. The van der Waals surface area contributed by atoms with Crippen molar-refractivity contribution in [3.05, 3.63) is 18.1 Å². The van der Waals surface area contributed by atoms with E-state index in [0.717, 1.165) is 11.6 Å². The molecule has 1 heterocycles. The number of carbonyl (C=O) groups excluding carboxylic acids is 1. The fourth-order valence-corrected chi connectivity index (χ4v) is 1.68. The number of rotatable bonds is 5. The standard InChI is InChI=1S/C14H22N4O2/c1-14(2,3)20-13(19)17-9-8-15-11-6-7-16-12(18-11)10-4-5-10/h6-7,10H,4-5,8-9H2,1-3H3,(H,17,19)(H,15,16,18). The van der Waals surface area contributed by atoms with Gasteiger partial charge in [-0.15, -0.1) is 0 Å². The molecular weight excluding hydrogens is 256 g/mol. The molecule has 0 bridgehead atoms. The predicted molar refractivity (Wildman–Crippen MR) is 76.7 cm³/mol. The first-order valence-electron chi connectivity index (χ1n) is 6.98. The first-order chi connectivity index (χ1) is 9.44. The molecule has 0 spiro atoms. The van der Waals surface area contributed by atoms with E-state index in [9.17, 15) is 4.79 Å². The fraction of sp³-hybridized carbons (Fsp3) is 0.643. The lowest BCUT2D eigenvalue weighted by Gasteiger charge is -2.19. The lowest BCUT2D eigenvalue weighted by Crippen LogP contribution is -2.35. The summed E-state index contributed by atoms with van der Waals surface area (Å²) in [6.45, 7) is 6.60. The molecule has 1 aromatic rings. The Labute approximate surface area is 119 Å². The maximum Gasteiger partial charge on any atom is 0.407 e. The van der Waals surface area contributed by atoms with Crippen LogP contribution in [0.4, 0.5) is 10.6 Å². The molecule has 0 aromatic carbocycles. The molecule has 1 saturated carbocycles. The molecule has 0 radical (unpaired) electrons. The maximum atomic E-state index is 11.4. The highest BCUT2D eigenvalue weighted by atomic mass is 16.6. The van der Waals surface area contributed by atoms with Crippen LogP contribution >= 0.6 is 0 Å². The van der Waals surface area contributed by atoms with Crippen molar-refractivity contribution >= 4 is 11.9 Å². The van der Waals surface area contributed by atoms with Gasteiger partial charge in [0.25, 0.3) is 0 Å². The van der Waals surface area contributed by atoms with Gasteiger partial charge in [-0.3, -0.25) is 0 Å². The first kappa shape index (κ1) is 14.6. The van der Waals surface area contributed by atoms with Gasteiger partial charge in [0.1, 0.15) is 17.2 Å². The molecule has 1 aliphatic rings. The molecule has 2 N–H and O–H groups in total. The molecule has 6 heteroatoms. The summed E-state index contributed by atoms with van der Waals surface area (Å²) >= 11 is 0. The summed E-state index contributed by atoms with van der Waals surface area (Å²) in [6.07, 6.45) is 3.73. The lowest BCUT2D eigenvalue weighted by atomic mass is 10.2. The quantitative estimate of drug-likeness (QED) is 0.808.